The molecule has 3 heterocycles. The lowest BCUT2D eigenvalue weighted by Gasteiger charge is -2.14. The maximum atomic E-state index is 6.07. The lowest BCUT2D eigenvalue weighted by Crippen LogP contribution is -2.13. The third-order valence-corrected chi connectivity index (χ3v) is 4.75. The Morgan fingerprint density at radius 3 is 2.46 bits per heavy atom. The summed E-state index contributed by atoms with van der Waals surface area (Å²) in [5.74, 6) is 0.577. The Hall–Kier alpha value is -3.31. The van der Waals surface area contributed by atoms with Crippen LogP contribution in [0.3, 0.4) is 0 Å². The van der Waals surface area contributed by atoms with Gasteiger partial charge < -0.3 is 10.6 Å². The molecule has 0 fully saturated rings. The van der Waals surface area contributed by atoms with Crippen LogP contribution in [0, 0.1) is 6.92 Å². The third kappa shape index (κ3) is 3.57. The highest BCUT2D eigenvalue weighted by molar-refractivity contribution is 5.97. The van der Waals surface area contributed by atoms with Gasteiger partial charge in [-0.15, -0.1) is 0 Å². The van der Waals surface area contributed by atoms with Crippen LogP contribution < -0.4 is 5.73 Å². The molecular formula is C23H23N5. The highest BCUT2D eigenvalue weighted by Gasteiger charge is 2.10. The molecule has 0 unspecified atom stereocenters. The zero-order valence-corrected chi connectivity index (χ0v) is 16.3. The molecule has 5 heteroatoms. The van der Waals surface area contributed by atoms with Gasteiger partial charge in [-0.3, -0.25) is 9.97 Å². The molecule has 4 aromatic rings. The molecule has 0 aliphatic heterocycles. The summed E-state index contributed by atoms with van der Waals surface area (Å²) < 4.78 is 0. The van der Waals surface area contributed by atoms with Crippen molar-refractivity contribution in [3.05, 3.63) is 72.3 Å². The molecule has 3 aromatic heterocycles. The summed E-state index contributed by atoms with van der Waals surface area (Å²) in [6.07, 6.45) is 5.47. The van der Waals surface area contributed by atoms with Gasteiger partial charge in [-0.05, 0) is 74.1 Å². The Labute approximate surface area is 164 Å². The summed E-state index contributed by atoms with van der Waals surface area (Å²) >= 11 is 0. The van der Waals surface area contributed by atoms with Crippen molar-refractivity contribution in [2.45, 2.75) is 13.5 Å². The first kappa shape index (κ1) is 18.1. The lowest BCUT2D eigenvalue weighted by molar-refractivity contribution is 0.403. The van der Waals surface area contributed by atoms with Gasteiger partial charge in [0.15, 0.2) is 0 Å². The van der Waals surface area contributed by atoms with E-state index in [0.29, 0.717) is 5.82 Å². The van der Waals surface area contributed by atoms with Crippen LogP contribution in [0.25, 0.3) is 33.2 Å². The Kier molecular flexibility index (Phi) is 4.75. The van der Waals surface area contributed by atoms with Crippen molar-refractivity contribution in [2.75, 3.05) is 19.8 Å². The van der Waals surface area contributed by atoms with Crippen LogP contribution in [0.5, 0.6) is 0 Å². The average Bonchev–Trinajstić information content (AvgIpc) is 2.69. The van der Waals surface area contributed by atoms with E-state index in [1.807, 2.05) is 51.7 Å². The number of anilines is 1. The normalized spacial score (nSPS) is 11.3. The maximum absolute atomic E-state index is 6.07. The van der Waals surface area contributed by atoms with Gasteiger partial charge in [-0.25, -0.2) is 4.98 Å². The van der Waals surface area contributed by atoms with Crippen molar-refractivity contribution >= 4 is 16.7 Å². The fourth-order valence-electron chi connectivity index (χ4n) is 3.45. The van der Waals surface area contributed by atoms with Crippen molar-refractivity contribution in [3.63, 3.8) is 0 Å². The molecule has 0 radical (unpaired) electrons. The van der Waals surface area contributed by atoms with E-state index < -0.39 is 0 Å². The molecule has 0 atom stereocenters. The van der Waals surface area contributed by atoms with Crippen LogP contribution in [-0.2, 0) is 6.54 Å². The van der Waals surface area contributed by atoms with Gasteiger partial charge in [0, 0.05) is 47.3 Å². The van der Waals surface area contributed by atoms with Crippen LogP contribution in [0.1, 0.15) is 11.3 Å². The van der Waals surface area contributed by atoms with E-state index in [1.54, 1.807) is 0 Å². The smallest absolute Gasteiger partial charge is 0.127 e. The second kappa shape index (κ2) is 7.37. The van der Waals surface area contributed by atoms with Gasteiger partial charge in [0.2, 0.25) is 0 Å². The number of pyridine rings is 3. The molecule has 5 nitrogen and oxygen atoms in total. The summed E-state index contributed by atoms with van der Waals surface area (Å²) in [7, 11) is 4.05. The minimum Gasteiger partial charge on any atom is -0.383 e. The second-order valence-electron chi connectivity index (χ2n) is 7.29. The van der Waals surface area contributed by atoms with Crippen LogP contribution in [0.4, 0.5) is 5.82 Å². The van der Waals surface area contributed by atoms with Gasteiger partial charge in [0.05, 0.1) is 5.52 Å². The molecular weight excluding hydrogens is 346 g/mol. The number of nitrogens with two attached hydrogens (primary N) is 1. The van der Waals surface area contributed by atoms with Crippen LogP contribution in [-0.4, -0.2) is 33.9 Å². The number of hydrogen-bond donors (Lipinski definition) is 1. The fraction of sp³-hybridized carbons (Fsp3) is 0.174. The first-order valence-corrected chi connectivity index (χ1v) is 9.22. The van der Waals surface area contributed by atoms with Crippen molar-refractivity contribution in [1.29, 1.82) is 0 Å². The van der Waals surface area contributed by atoms with Gasteiger partial charge >= 0.3 is 0 Å². The van der Waals surface area contributed by atoms with Crippen molar-refractivity contribution in [1.82, 2.24) is 19.9 Å². The van der Waals surface area contributed by atoms with E-state index in [9.17, 15) is 0 Å². The van der Waals surface area contributed by atoms with E-state index in [-0.39, 0.29) is 0 Å². The van der Waals surface area contributed by atoms with E-state index in [2.05, 4.69) is 45.2 Å². The number of nitrogen functional groups attached to an aromatic ring is 1. The largest absolute Gasteiger partial charge is 0.383 e. The topological polar surface area (TPSA) is 67.9 Å². The Morgan fingerprint density at radius 1 is 0.929 bits per heavy atom. The quantitative estimate of drug-likeness (QED) is 0.580. The molecule has 0 spiro atoms. The van der Waals surface area contributed by atoms with E-state index in [4.69, 9.17) is 10.7 Å². The SMILES string of the molecule is Cc1cc(-c2ccncc2)c2cc(-c3cnc(N)c(CN(C)C)c3)ccc2n1. The molecule has 0 bridgehead atoms. The molecule has 0 saturated heterocycles. The summed E-state index contributed by atoms with van der Waals surface area (Å²) in [5, 5.41) is 1.11. The lowest BCUT2D eigenvalue weighted by atomic mass is 9.97. The summed E-state index contributed by atoms with van der Waals surface area (Å²) in [6.45, 7) is 2.78. The molecule has 0 saturated carbocycles. The Bertz CT molecular complexity index is 1140. The van der Waals surface area contributed by atoms with E-state index in [0.717, 1.165) is 51.0 Å². The molecule has 0 aliphatic carbocycles. The van der Waals surface area contributed by atoms with Crippen molar-refractivity contribution in [3.8, 4) is 22.3 Å². The number of aryl methyl sites for hydroxylation is 1. The van der Waals surface area contributed by atoms with Gasteiger partial charge in [-0.1, -0.05) is 6.07 Å². The van der Waals surface area contributed by atoms with Gasteiger partial charge in [-0.2, -0.15) is 0 Å². The molecule has 0 aliphatic rings. The zero-order valence-electron chi connectivity index (χ0n) is 16.3. The average molecular weight is 369 g/mol. The van der Waals surface area contributed by atoms with E-state index >= 15 is 0 Å². The Morgan fingerprint density at radius 2 is 1.71 bits per heavy atom. The van der Waals surface area contributed by atoms with Crippen LogP contribution in [0.15, 0.2) is 61.1 Å². The predicted molar refractivity (Wildman–Crippen MR) is 115 cm³/mol. The molecule has 1 aromatic carbocycles. The summed E-state index contributed by atoms with van der Waals surface area (Å²) in [5.41, 5.74) is 13.5. The molecule has 0 amide bonds. The number of benzene rings is 1. The third-order valence-electron chi connectivity index (χ3n) is 4.75. The van der Waals surface area contributed by atoms with Crippen molar-refractivity contribution < 1.29 is 0 Å². The van der Waals surface area contributed by atoms with Crippen LogP contribution in [0.2, 0.25) is 0 Å². The maximum Gasteiger partial charge on any atom is 0.127 e. The monoisotopic (exact) mass is 369 g/mol. The highest BCUT2D eigenvalue weighted by Crippen LogP contribution is 2.32. The molecule has 140 valence electrons. The fourth-order valence-corrected chi connectivity index (χ4v) is 3.45. The van der Waals surface area contributed by atoms with Crippen LogP contribution >= 0.6 is 0 Å². The first-order valence-electron chi connectivity index (χ1n) is 9.22. The second-order valence-corrected chi connectivity index (χ2v) is 7.29. The van der Waals surface area contributed by atoms with Gasteiger partial charge in [0.1, 0.15) is 5.82 Å². The standard InChI is InChI=1S/C23H23N5/c1-15-10-20(16-6-8-25-9-7-16)21-12-17(4-5-22(21)27-15)18-11-19(14-28(2)3)23(24)26-13-18/h4-13H,14H2,1-3H3,(H2,24,26). The number of hydrogen-bond acceptors (Lipinski definition) is 5. The number of rotatable bonds is 4. The molecule has 4 rings (SSSR count). The summed E-state index contributed by atoms with van der Waals surface area (Å²) in [4.78, 5) is 15.3. The number of nitrogens with zero attached hydrogens (tertiary/aromatic N) is 4. The number of aromatic nitrogens is 3. The summed E-state index contributed by atoms with van der Waals surface area (Å²) in [6, 6.07) is 14.7. The Balaban J connectivity index is 1.87. The minimum atomic E-state index is 0.577. The molecule has 28 heavy (non-hydrogen) atoms. The molecule has 2 N–H and O–H groups in total. The minimum absolute atomic E-state index is 0.577. The zero-order chi connectivity index (χ0) is 19.7. The van der Waals surface area contributed by atoms with E-state index in [1.165, 1.54) is 0 Å². The van der Waals surface area contributed by atoms with Gasteiger partial charge in [0.25, 0.3) is 0 Å². The predicted octanol–water partition coefficient (Wildman–Crippen LogP) is 4.31. The highest BCUT2D eigenvalue weighted by atomic mass is 15.1. The first-order chi connectivity index (χ1) is 13.5. The number of fused-ring (bicyclic) bond motifs is 1. The van der Waals surface area contributed by atoms with Crippen molar-refractivity contribution in [2.24, 2.45) is 0 Å².